The van der Waals surface area contributed by atoms with Gasteiger partial charge in [-0.1, -0.05) is 27.7 Å². The van der Waals surface area contributed by atoms with Crippen LogP contribution in [0.15, 0.2) is 10.7 Å². The second kappa shape index (κ2) is 5.16. The summed E-state index contributed by atoms with van der Waals surface area (Å²) >= 11 is 3.44. The van der Waals surface area contributed by atoms with E-state index < -0.39 is 0 Å². The van der Waals surface area contributed by atoms with Gasteiger partial charge in [0.15, 0.2) is 5.82 Å². The molecule has 0 saturated carbocycles. The van der Waals surface area contributed by atoms with Gasteiger partial charge in [-0.15, -0.1) is 0 Å². The van der Waals surface area contributed by atoms with Crippen LogP contribution in [0.2, 0.25) is 0 Å². The van der Waals surface area contributed by atoms with Crippen molar-refractivity contribution in [1.82, 2.24) is 19.7 Å². The molecular weight excluding hydrogens is 318 g/mol. The number of halogens is 1. The number of aromatic nitrogens is 4. The Bertz CT molecular complexity index is 640. The summed E-state index contributed by atoms with van der Waals surface area (Å²) in [7, 11) is 1.90. The lowest BCUT2D eigenvalue weighted by molar-refractivity contribution is 0.554. The molecule has 0 aliphatic heterocycles. The fraction of sp³-hybridized carbons (Fsp3) is 0.500. The van der Waals surface area contributed by atoms with Crippen LogP contribution in [0.1, 0.15) is 39.1 Å². The monoisotopic (exact) mass is 337 g/mol. The summed E-state index contributed by atoms with van der Waals surface area (Å²) in [6.45, 7) is 8.43. The van der Waals surface area contributed by atoms with Gasteiger partial charge in [-0.25, -0.2) is 9.97 Å². The van der Waals surface area contributed by atoms with Crippen LogP contribution in [0.4, 0.5) is 5.82 Å². The molecule has 0 unspecified atom stereocenters. The molecule has 2 rings (SSSR count). The van der Waals surface area contributed by atoms with Crippen LogP contribution in [0.25, 0.3) is 11.4 Å². The largest absolute Gasteiger partial charge is 0.383 e. The van der Waals surface area contributed by atoms with Gasteiger partial charge in [0.1, 0.15) is 5.82 Å². The number of nitrogens with zero attached hydrogens (tertiary/aromatic N) is 4. The van der Waals surface area contributed by atoms with Crippen molar-refractivity contribution in [2.75, 3.05) is 5.73 Å². The molecule has 20 heavy (non-hydrogen) atoms. The zero-order chi connectivity index (χ0) is 15.1. The molecule has 2 aromatic rings. The van der Waals surface area contributed by atoms with E-state index in [1.807, 2.05) is 20.2 Å². The Labute approximate surface area is 127 Å². The van der Waals surface area contributed by atoms with Crippen LogP contribution < -0.4 is 5.73 Å². The standard InChI is InChI=1S/C14H20BrN5/c1-6-9-10(15)12(16)18-13(17-9)8-7-20(5)19-11(8)14(2,3)4/h7H,6H2,1-5H3,(H2,16,17,18). The molecular formula is C14H20BrN5. The van der Waals surface area contributed by atoms with Gasteiger partial charge in [0.2, 0.25) is 0 Å². The highest BCUT2D eigenvalue weighted by molar-refractivity contribution is 9.10. The van der Waals surface area contributed by atoms with Crippen LogP contribution in [0.5, 0.6) is 0 Å². The fourth-order valence-corrected chi connectivity index (χ4v) is 2.53. The average molecular weight is 338 g/mol. The molecule has 0 amide bonds. The van der Waals surface area contributed by atoms with Crippen molar-refractivity contribution in [2.45, 2.75) is 39.5 Å². The SMILES string of the molecule is CCc1nc(-c2cn(C)nc2C(C)(C)C)nc(N)c1Br. The maximum atomic E-state index is 5.98. The molecule has 108 valence electrons. The predicted octanol–water partition coefficient (Wildman–Crippen LogP) is 3.08. The van der Waals surface area contributed by atoms with E-state index in [1.54, 1.807) is 4.68 Å². The Morgan fingerprint density at radius 3 is 2.50 bits per heavy atom. The summed E-state index contributed by atoms with van der Waals surface area (Å²) in [6, 6.07) is 0. The van der Waals surface area contributed by atoms with Crippen molar-refractivity contribution in [3.63, 3.8) is 0 Å². The second-order valence-corrected chi connectivity index (χ2v) is 6.65. The minimum Gasteiger partial charge on any atom is -0.383 e. The Morgan fingerprint density at radius 1 is 1.30 bits per heavy atom. The van der Waals surface area contributed by atoms with Gasteiger partial charge >= 0.3 is 0 Å². The number of hydrogen-bond donors (Lipinski definition) is 1. The highest BCUT2D eigenvalue weighted by atomic mass is 79.9. The molecule has 5 nitrogen and oxygen atoms in total. The summed E-state index contributed by atoms with van der Waals surface area (Å²) in [5.41, 5.74) is 8.73. The number of rotatable bonds is 2. The van der Waals surface area contributed by atoms with Gasteiger partial charge < -0.3 is 5.73 Å². The van der Waals surface area contributed by atoms with E-state index in [0.717, 1.165) is 27.8 Å². The summed E-state index contributed by atoms with van der Waals surface area (Å²) in [4.78, 5) is 9.02. The molecule has 0 spiro atoms. The Hall–Kier alpha value is -1.43. The minimum absolute atomic E-state index is 0.0752. The van der Waals surface area contributed by atoms with Crippen molar-refractivity contribution < 1.29 is 0 Å². The van der Waals surface area contributed by atoms with Crippen LogP contribution in [-0.4, -0.2) is 19.7 Å². The molecule has 0 aliphatic carbocycles. The number of aryl methyl sites for hydroxylation is 2. The summed E-state index contributed by atoms with van der Waals surface area (Å²) in [6.07, 6.45) is 2.74. The molecule has 0 atom stereocenters. The molecule has 6 heteroatoms. The number of anilines is 1. The lowest BCUT2D eigenvalue weighted by Gasteiger charge is -2.17. The zero-order valence-electron chi connectivity index (χ0n) is 12.5. The maximum absolute atomic E-state index is 5.98. The van der Waals surface area contributed by atoms with E-state index in [2.05, 4.69) is 51.8 Å². The topological polar surface area (TPSA) is 69.6 Å². The van der Waals surface area contributed by atoms with Gasteiger partial charge in [-0.2, -0.15) is 5.10 Å². The highest BCUT2D eigenvalue weighted by Gasteiger charge is 2.25. The number of hydrogen-bond acceptors (Lipinski definition) is 4. The summed E-state index contributed by atoms with van der Waals surface area (Å²) in [5.74, 6) is 1.11. The van der Waals surface area contributed by atoms with E-state index in [-0.39, 0.29) is 5.41 Å². The minimum atomic E-state index is -0.0752. The Kier molecular flexibility index (Phi) is 3.86. The maximum Gasteiger partial charge on any atom is 0.165 e. The molecule has 0 aromatic carbocycles. The average Bonchev–Trinajstić information content (AvgIpc) is 2.74. The van der Waals surface area contributed by atoms with Crippen molar-refractivity contribution in [2.24, 2.45) is 7.05 Å². The third-order valence-corrected chi connectivity index (χ3v) is 3.92. The lowest BCUT2D eigenvalue weighted by Crippen LogP contribution is -2.14. The molecule has 0 aliphatic rings. The quantitative estimate of drug-likeness (QED) is 0.914. The lowest BCUT2D eigenvalue weighted by atomic mass is 9.89. The van der Waals surface area contributed by atoms with Crippen LogP contribution >= 0.6 is 15.9 Å². The van der Waals surface area contributed by atoms with Crippen LogP contribution in [0.3, 0.4) is 0 Å². The Balaban J connectivity index is 2.66. The molecule has 0 saturated heterocycles. The van der Waals surface area contributed by atoms with Gasteiger partial charge in [-0.05, 0) is 22.4 Å². The molecule has 0 radical (unpaired) electrons. The van der Waals surface area contributed by atoms with Crippen LogP contribution in [0, 0.1) is 0 Å². The number of nitrogen functional groups attached to an aromatic ring is 1. The molecule has 0 bridgehead atoms. The van der Waals surface area contributed by atoms with E-state index in [1.165, 1.54) is 0 Å². The van der Waals surface area contributed by atoms with Gasteiger partial charge in [-0.3, -0.25) is 4.68 Å². The first-order chi connectivity index (χ1) is 9.24. The van der Waals surface area contributed by atoms with Crippen molar-refractivity contribution in [1.29, 1.82) is 0 Å². The third kappa shape index (κ3) is 2.70. The van der Waals surface area contributed by atoms with Gasteiger partial charge in [0, 0.05) is 18.7 Å². The summed E-state index contributed by atoms with van der Waals surface area (Å²) in [5, 5.41) is 4.55. The smallest absolute Gasteiger partial charge is 0.165 e. The van der Waals surface area contributed by atoms with E-state index in [0.29, 0.717) is 11.6 Å². The zero-order valence-corrected chi connectivity index (χ0v) is 14.1. The number of nitrogens with two attached hydrogens (primary N) is 1. The third-order valence-electron chi connectivity index (χ3n) is 3.06. The van der Waals surface area contributed by atoms with Gasteiger partial charge in [0.25, 0.3) is 0 Å². The fourth-order valence-electron chi connectivity index (χ4n) is 2.07. The Morgan fingerprint density at radius 2 is 1.95 bits per heavy atom. The van der Waals surface area contributed by atoms with Crippen molar-refractivity contribution >= 4 is 21.7 Å². The van der Waals surface area contributed by atoms with Crippen molar-refractivity contribution in [3.05, 3.63) is 22.1 Å². The molecule has 2 aromatic heterocycles. The molecule has 2 N–H and O–H groups in total. The van der Waals surface area contributed by atoms with E-state index >= 15 is 0 Å². The first kappa shape index (κ1) is 15.0. The normalized spacial score (nSPS) is 11.9. The first-order valence-electron chi connectivity index (χ1n) is 6.60. The summed E-state index contributed by atoms with van der Waals surface area (Å²) < 4.78 is 2.58. The predicted molar refractivity (Wildman–Crippen MR) is 84.4 cm³/mol. The van der Waals surface area contributed by atoms with Crippen molar-refractivity contribution in [3.8, 4) is 11.4 Å². The van der Waals surface area contributed by atoms with Crippen LogP contribution in [-0.2, 0) is 18.9 Å². The highest BCUT2D eigenvalue weighted by Crippen LogP contribution is 2.32. The van der Waals surface area contributed by atoms with Gasteiger partial charge in [0.05, 0.1) is 21.4 Å². The molecule has 2 heterocycles. The van der Waals surface area contributed by atoms with E-state index in [9.17, 15) is 0 Å². The van der Waals surface area contributed by atoms with E-state index in [4.69, 9.17) is 5.73 Å². The first-order valence-corrected chi connectivity index (χ1v) is 7.39. The molecule has 0 fully saturated rings. The second-order valence-electron chi connectivity index (χ2n) is 5.86.